The SMILES string of the molecule is CCOC(=O)c1cccc(N2C(=O)C3C4C=CC(C5CC45)C3C2=O)c1. The fraction of sp³-hybridized carbons (Fsp3) is 0.450. The van der Waals surface area contributed by atoms with Crippen LogP contribution in [-0.2, 0) is 14.3 Å². The number of anilines is 1. The molecule has 1 aromatic carbocycles. The lowest BCUT2D eigenvalue weighted by molar-refractivity contribution is -0.124. The molecular formula is C20H19NO4. The van der Waals surface area contributed by atoms with E-state index in [2.05, 4.69) is 12.2 Å². The first-order chi connectivity index (χ1) is 12.1. The summed E-state index contributed by atoms with van der Waals surface area (Å²) in [6, 6.07) is 6.63. The standard InChI is InChI=1S/C20H19NO4/c1-2-25-20(24)10-4-3-5-11(8-10)21-18(22)16-12-6-7-13(15-9-14(12)15)17(16)19(21)23/h3-8,12-17H,2,9H2,1H3. The third kappa shape index (κ3) is 1.92. The average molecular weight is 337 g/mol. The first-order valence-corrected chi connectivity index (χ1v) is 8.95. The molecule has 5 nitrogen and oxygen atoms in total. The molecule has 6 unspecified atom stereocenters. The number of ether oxygens (including phenoxy) is 1. The van der Waals surface area contributed by atoms with Crippen molar-refractivity contribution in [2.24, 2.45) is 35.5 Å². The average Bonchev–Trinajstić information content (AvgIpc) is 3.39. The molecule has 0 aromatic heterocycles. The number of hydrogen-bond acceptors (Lipinski definition) is 4. The highest BCUT2D eigenvalue weighted by Gasteiger charge is 2.67. The topological polar surface area (TPSA) is 63.7 Å². The van der Waals surface area contributed by atoms with Gasteiger partial charge >= 0.3 is 5.97 Å². The van der Waals surface area contributed by atoms with Crippen molar-refractivity contribution in [1.82, 2.24) is 0 Å². The van der Waals surface area contributed by atoms with Crippen LogP contribution in [0.1, 0.15) is 23.7 Å². The van der Waals surface area contributed by atoms with E-state index >= 15 is 0 Å². The highest BCUT2D eigenvalue weighted by Crippen LogP contribution is 2.65. The lowest BCUT2D eigenvalue weighted by Crippen LogP contribution is -2.40. The van der Waals surface area contributed by atoms with Crippen molar-refractivity contribution in [3.05, 3.63) is 42.0 Å². The largest absolute Gasteiger partial charge is 0.462 e. The third-order valence-electron chi connectivity index (χ3n) is 6.28. The normalized spacial score (nSPS) is 37.1. The van der Waals surface area contributed by atoms with Crippen LogP contribution in [-0.4, -0.2) is 24.4 Å². The maximum absolute atomic E-state index is 13.1. The van der Waals surface area contributed by atoms with Crippen LogP contribution < -0.4 is 4.90 Å². The molecule has 4 aliphatic carbocycles. The van der Waals surface area contributed by atoms with Crippen LogP contribution in [0, 0.1) is 35.5 Å². The highest BCUT2D eigenvalue weighted by molar-refractivity contribution is 6.22. The van der Waals surface area contributed by atoms with Crippen LogP contribution in [0.3, 0.4) is 0 Å². The lowest BCUT2D eigenvalue weighted by Gasteiger charge is -2.37. The van der Waals surface area contributed by atoms with E-state index in [1.807, 2.05) is 0 Å². The summed E-state index contributed by atoms with van der Waals surface area (Å²) in [6.07, 6.45) is 5.46. The van der Waals surface area contributed by atoms with E-state index in [0.29, 0.717) is 23.1 Å². The minimum absolute atomic E-state index is 0.110. The summed E-state index contributed by atoms with van der Waals surface area (Å²) in [5.74, 6) is 0.460. The van der Waals surface area contributed by atoms with Crippen molar-refractivity contribution in [2.45, 2.75) is 13.3 Å². The Hall–Kier alpha value is -2.43. The minimum atomic E-state index is -0.441. The Morgan fingerprint density at radius 2 is 1.76 bits per heavy atom. The first-order valence-electron chi connectivity index (χ1n) is 8.95. The van der Waals surface area contributed by atoms with E-state index in [1.54, 1.807) is 31.2 Å². The van der Waals surface area contributed by atoms with E-state index in [0.717, 1.165) is 6.42 Å². The van der Waals surface area contributed by atoms with Gasteiger partial charge < -0.3 is 4.74 Å². The zero-order chi connectivity index (χ0) is 17.3. The van der Waals surface area contributed by atoms with Crippen LogP contribution in [0.5, 0.6) is 0 Å². The Bertz CT molecular complexity index is 793. The zero-order valence-electron chi connectivity index (χ0n) is 13.9. The molecule has 3 fully saturated rings. The molecule has 128 valence electrons. The first kappa shape index (κ1) is 14.9. The van der Waals surface area contributed by atoms with E-state index in [4.69, 9.17) is 4.74 Å². The molecule has 1 aliphatic heterocycles. The summed E-state index contributed by atoms with van der Waals surface area (Å²) in [5.41, 5.74) is 0.835. The quantitative estimate of drug-likeness (QED) is 0.483. The smallest absolute Gasteiger partial charge is 0.338 e. The summed E-state index contributed by atoms with van der Waals surface area (Å²) in [7, 11) is 0. The van der Waals surface area contributed by atoms with Crippen LogP contribution in [0.4, 0.5) is 5.69 Å². The van der Waals surface area contributed by atoms with Gasteiger partial charge in [0.25, 0.3) is 0 Å². The van der Waals surface area contributed by atoms with Gasteiger partial charge in [-0.1, -0.05) is 18.2 Å². The predicted octanol–water partition coefficient (Wildman–Crippen LogP) is 2.42. The van der Waals surface area contributed by atoms with Crippen molar-refractivity contribution >= 4 is 23.5 Å². The van der Waals surface area contributed by atoms with E-state index < -0.39 is 5.97 Å². The van der Waals surface area contributed by atoms with Gasteiger partial charge in [0.2, 0.25) is 11.8 Å². The fourth-order valence-electron chi connectivity index (χ4n) is 5.20. The van der Waals surface area contributed by atoms with E-state index in [9.17, 15) is 14.4 Å². The molecule has 25 heavy (non-hydrogen) atoms. The fourth-order valence-corrected chi connectivity index (χ4v) is 5.20. The maximum atomic E-state index is 13.1. The van der Waals surface area contributed by atoms with Gasteiger partial charge in [0.15, 0.2) is 0 Å². The lowest BCUT2D eigenvalue weighted by atomic mass is 9.63. The van der Waals surface area contributed by atoms with Crippen LogP contribution in [0.2, 0.25) is 0 Å². The maximum Gasteiger partial charge on any atom is 0.338 e. The summed E-state index contributed by atoms with van der Waals surface area (Å²) in [5, 5.41) is 0. The summed E-state index contributed by atoms with van der Waals surface area (Å²) >= 11 is 0. The second kappa shape index (κ2) is 5.04. The second-order valence-corrected chi connectivity index (χ2v) is 7.44. The number of carbonyl (C=O) groups excluding carboxylic acids is 3. The van der Waals surface area contributed by atoms with Gasteiger partial charge in [-0.25, -0.2) is 9.69 Å². The third-order valence-corrected chi connectivity index (χ3v) is 6.28. The van der Waals surface area contributed by atoms with Gasteiger partial charge in [-0.2, -0.15) is 0 Å². The molecule has 5 aliphatic rings. The monoisotopic (exact) mass is 337 g/mol. The predicted molar refractivity (Wildman–Crippen MR) is 89.6 cm³/mol. The number of amides is 2. The van der Waals surface area contributed by atoms with Crippen molar-refractivity contribution < 1.29 is 19.1 Å². The Labute approximate surface area is 145 Å². The van der Waals surface area contributed by atoms with E-state index in [-0.39, 0.29) is 42.1 Å². The van der Waals surface area contributed by atoms with Gasteiger partial charge in [0.05, 0.1) is 29.7 Å². The van der Waals surface area contributed by atoms with Crippen molar-refractivity contribution in [1.29, 1.82) is 0 Å². The number of hydrogen-bond donors (Lipinski definition) is 0. The van der Waals surface area contributed by atoms with Crippen LogP contribution in [0.15, 0.2) is 36.4 Å². The molecule has 2 bridgehead atoms. The molecular weight excluding hydrogens is 318 g/mol. The molecule has 0 N–H and O–H groups in total. The Morgan fingerprint density at radius 3 is 2.36 bits per heavy atom. The molecule has 1 heterocycles. The number of esters is 1. The molecule has 5 heteroatoms. The van der Waals surface area contributed by atoms with Crippen molar-refractivity contribution in [3.8, 4) is 0 Å². The summed E-state index contributed by atoms with van der Waals surface area (Å²) in [6.45, 7) is 2.03. The van der Waals surface area contributed by atoms with Gasteiger partial charge in [-0.15, -0.1) is 0 Å². The van der Waals surface area contributed by atoms with Gasteiger partial charge in [-0.05, 0) is 55.2 Å². The van der Waals surface area contributed by atoms with Crippen molar-refractivity contribution in [3.63, 3.8) is 0 Å². The number of rotatable bonds is 3. The summed E-state index contributed by atoms with van der Waals surface area (Å²) < 4.78 is 5.02. The molecule has 0 spiro atoms. The second-order valence-electron chi connectivity index (χ2n) is 7.44. The van der Waals surface area contributed by atoms with Gasteiger partial charge in [0.1, 0.15) is 0 Å². The van der Waals surface area contributed by atoms with E-state index in [1.165, 1.54) is 4.90 Å². The molecule has 6 atom stereocenters. The van der Waals surface area contributed by atoms with Crippen LogP contribution >= 0.6 is 0 Å². The molecule has 1 aromatic rings. The molecule has 2 amide bonds. The number of benzene rings is 1. The highest BCUT2D eigenvalue weighted by atomic mass is 16.5. The van der Waals surface area contributed by atoms with Crippen LogP contribution in [0.25, 0.3) is 0 Å². The molecule has 0 radical (unpaired) electrons. The number of allylic oxidation sites excluding steroid dienone is 2. The van der Waals surface area contributed by atoms with Gasteiger partial charge in [0, 0.05) is 0 Å². The Balaban J connectivity index is 1.50. The molecule has 6 rings (SSSR count). The summed E-state index contributed by atoms with van der Waals surface area (Å²) in [4.78, 5) is 39.4. The molecule has 2 saturated carbocycles. The molecule has 1 saturated heterocycles. The number of nitrogens with zero attached hydrogens (tertiary/aromatic N) is 1. The number of imide groups is 1. The Kier molecular flexibility index (Phi) is 3.00. The minimum Gasteiger partial charge on any atom is -0.462 e. The van der Waals surface area contributed by atoms with Gasteiger partial charge in [-0.3, -0.25) is 9.59 Å². The number of carbonyl (C=O) groups is 3. The Morgan fingerprint density at radius 1 is 1.12 bits per heavy atom. The zero-order valence-corrected chi connectivity index (χ0v) is 13.9. The van der Waals surface area contributed by atoms with Crippen molar-refractivity contribution in [2.75, 3.05) is 11.5 Å².